The summed E-state index contributed by atoms with van der Waals surface area (Å²) >= 11 is 0. The molecule has 1 aromatic heterocycles. The highest BCUT2D eigenvalue weighted by Crippen LogP contribution is 2.44. The van der Waals surface area contributed by atoms with Gasteiger partial charge in [-0.3, -0.25) is 14.5 Å². The third-order valence-electron chi connectivity index (χ3n) is 6.00. The second-order valence-corrected chi connectivity index (χ2v) is 8.53. The highest BCUT2D eigenvalue weighted by molar-refractivity contribution is 6.51. The number of amides is 1. The molecule has 2 aromatic carbocycles. The highest BCUT2D eigenvalue weighted by Gasteiger charge is 2.48. The second-order valence-electron chi connectivity index (χ2n) is 8.53. The molecular weight excluding hydrogens is 476 g/mol. The Morgan fingerprint density at radius 1 is 1.05 bits per heavy atom. The molecule has 0 aliphatic carbocycles. The number of carbonyl (C=O) groups is 2. The Kier molecular flexibility index (Phi) is 7.81. The summed E-state index contributed by atoms with van der Waals surface area (Å²) in [6.07, 6.45) is 1.87. The molecule has 1 atom stereocenters. The van der Waals surface area contributed by atoms with Crippen molar-refractivity contribution in [2.24, 2.45) is 0 Å². The van der Waals surface area contributed by atoms with Gasteiger partial charge in [-0.25, -0.2) is 0 Å². The summed E-state index contributed by atoms with van der Waals surface area (Å²) in [7, 11) is 1.52. The van der Waals surface area contributed by atoms with Gasteiger partial charge in [-0.2, -0.15) is 0 Å². The van der Waals surface area contributed by atoms with Gasteiger partial charge in [0.15, 0.2) is 17.3 Å². The van der Waals surface area contributed by atoms with E-state index in [-0.39, 0.29) is 17.2 Å². The number of nitrogens with zero attached hydrogens (tertiary/aromatic N) is 2. The van der Waals surface area contributed by atoms with Gasteiger partial charge in [-0.05, 0) is 62.2 Å². The number of aliphatic hydroxyl groups is 1. The molecule has 4 rings (SSSR count). The molecule has 3 aromatic rings. The predicted molar refractivity (Wildman–Crippen MR) is 137 cm³/mol. The summed E-state index contributed by atoms with van der Waals surface area (Å²) < 4.78 is 22.1. The fourth-order valence-electron chi connectivity index (χ4n) is 4.18. The van der Waals surface area contributed by atoms with E-state index in [1.54, 1.807) is 55.5 Å². The van der Waals surface area contributed by atoms with Crippen LogP contribution in [0.5, 0.6) is 17.2 Å². The maximum Gasteiger partial charge on any atom is 0.301 e. The van der Waals surface area contributed by atoms with Crippen LogP contribution in [0.1, 0.15) is 49.6 Å². The van der Waals surface area contributed by atoms with Crippen molar-refractivity contribution in [1.29, 1.82) is 0 Å². The Balaban J connectivity index is 1.84. The first-order chi connectivity index (χ1) is 17.9. The monoisotopic (exact) mass is 506 g/mol. The van der Waals surface area contributed by atoms with Crippen LogP contribution in [-0.4, -0.2) is 42.3 Å². The van der Waals surface area contributed by atoms with Crippen molar-refractivity contribution in [3.05, 3.63) is 71.0 Å². The largest absolute Gasteiger partial charge is 0.507 e. The minimum Gasteiger partial charge on any atom is -0.507 e. The number of hydrogen-bond donors (Lipinski definition) is 1. The third-order valence-corrected chi connectivity index (χ3v) is 6.00. The maximum absolute atomic E-state index is 13.3. The first-order valence-electron chi connectivity index (χ1n) is 12.2. The van der Waals surface area contributed by atoms with Crippen LogP contribution in [0.2, 0.25) is 0 Å². The predicted octanol–water partition coefficient (Wildman–Crippen LogP) is 5.20. The SMILES string of the molecule is CCCCOc1ccc(C2/C(=C(/O)c3ccc(OCC)cc3)C(=O)C(=O)N2c2cc(C)on2)cc1OC. The van der Waals surface area contributed by atoms with Crippen LogP contribution in [0.4, 0.5) is 5.82 Å². The number of rotatable bonds is 10. The molecule has 1 amide bonds. The van der Waals surface area contributed by atoms with Gasteiger partial charge in [0, 0.05) is 11.6 Å². The summed E-state index contributed by atoms with van der Waals surface area (Å²) in [5.74, 6) is 0.273. The molecule has 1 aliphatic rings. The molecule has 1 saturated heterocycles. The van der Waals surface area contributed by atoms with Crippen LogP contribution in [0.25, 0.3) is 5.76 Å². The van der Waals surface area contributed by atoms with Gasteiger partial charge in [0.05, 0.1) is 31.9 Å². The molecule has 0 radical (unpaired) electrons. The van der Waals surface area contributed by atoms with Crippen molar-refractivity contribution in [2.45, 2.75) is 39.7 Å². The summed E-state index contributed by atoms with van der Waals surface area (Å²) in [5.41, 5.74) is 0.831. The van der Waals surface area contributed by atoms with Crippen LogP contribution in [0.15, 0.2) is 58.6 Å². The lowest BCUT2D eigenvalue weighted by Gasteiger charge is -2.24. The quantitative estimate of drug-likeness (QED) is 0.173. The lowest BCUT2D eigenvalue weighted by Crippen LogP contribution is -2.29. The van der Waals surface area contributed by atoms with E-state index in [1.165, 1.54) is 12.0 Å². The van der Waals surface area contributed by atoms with Crippen molar-refractivity contribution in [1.82, 2.24) is 5.16 Å². The molecule has 1 aliphatic heterocycles. The van der Waals surface area contributed by atoms with E-state index in [4.69, 9.17) is 18.7 Å². The molecule has 9 nitrogen and oxygen atoms in total. The van der Waals surface area contributed by atoms with E-state index in [0.29, 0.717) is 47.3 Å². The zero-order valence-corrected chi connectivity index (χ0v) is 21.3. The summed E-state index contributed by atoms with van der Waals surface area (Å²) in [6.45, 7) is 6.65. The number of benzene rings is 2. The minimum atomic E-state index is -0.977. The molecule has 1 unspecified atom stereocenters. The number of Topliss-reactive ketones (excluding diaryl/α,β-unsaturated/α-hetero) is 1. The van der Waals surface area contributed by atoms with Gasteiger partial charge < -0.3 is 23.8 Å². The smallest absolute Gasteiger partial charge is 0.301 e. The summed E-state index contributed by atoms with van der Waals surface area (Å²) in [4.78, 5) is 27.8. The van der Waals surface area contributed by atoms with Crippen LogP contribution >= 0.6 is 0 Å². The Morgan fingerprint density at radius 3 is 2.43 bits per heavy atom. The molecule has 37 heavy (non-hydrogen) atoms. The molecule has 194 valence electrons. The van der Waals surface area contributed by atoms with Gasteiger partial charge in [0.1, 0.15) is 17.3 Å². The van der Waals surface area contributed by atoms with Gasteiger partial charge in [-0.15, -0.1) is 0 Å². The number of carbonyl (C=O) groups excluding carboxylic acids is 2. The number of aromatic nitrogens is 1. The number of unbranched alkanes of at least 4 members (excludes halogenated alkanes) is 1. The van der Waals surface area contributed by atoms with Crippen LogP contribution in [0, 0.1) is 6.92 Å². The summed E-state index contributed by atoms with van der Waals surface area (Å²) in [5, 5.41) is 15.3. The number of anilines is 1. The Hall–Kier alpha value is -4.27. The van der Waals surface area contributed by atoms with Gasteiger partial charge in [-0.1, -0.05) is 24.6 Å². The molecule has 9 heteroatoms. The Bertz CT molecular complexity index is 1310. The normalized spacial score (nSPS) is 16.8. The Labute approximate surface area is 215 Å². The fourth-order valence-corrected chi connectivity index (χ4v) is 4.18. The van der Waals surface area contributed by atoms with Gasteiger partial charge >= 0.3 is 5.91 Å². The number of aryl methyl sites for hydroxylation is 1. The maximum atomic E-state index is 13.3. The number of hydrogen-bond acceptors (Lipinski definition) is 8. The van der Waals surface area contributed by atoms with E-state index in [2.05, 4.69) is 12.1 Å². The average molecular weight is 507 g/mol. The van der Waals surface area contributed by atoms with Gasteiger partial charge in [0.2, 0.25) is 0 Å². The summed E-state index contributed by atoms with van der Waals surface area (Å²) in [6, 6.07) is 12.4. The lowest BCUT2D eigenvalue weighted by atomic mass is 9.95. The number of ether oxygens (including phenoxy) is 3. The standard InChI is InChI=1S/C28H30N2O7/c1-5-7-14-36-21-13-10-19(16-22(21)34-4)25-24(26(31)18-8-11-20(12-9-18)35-6-2)27(32)28(33)30(25)23-15-17(3)37-29-23/h8-13,15-16,25,31H,5-7,14H2,1-4H3/b26-24-. The number of aliphatic hydroxyl groups excluding tert-OH is 1. The molecule has 0 spiro atoms. The highest BCUT2D eigenvalue weighted by atomic mass is 16.5. The third kappa shape index (κ3) is 5.16. The molecule has 2 heterocycles. The average Bonchev–Trinajstić information content (AvgIpc) is 3.44. The topological polar surface area (TPSA) is 111 Å². The van der Waals surface area contributed by atoms with E-state index in [1.807, 2.05) is 6.92 Å². The fraction of sp³-hybridized carbons (Fsp3) is 0.321. The number of ketones is 1. The van der Waals surface area contributed by atoms with E-state index in [0.717, 1.165) is 12.8 Å². The minimum absolute atomic E-state index is 0.0727. The Morgan fingerprint density at radius 2 is 1.81 bits per heavy atom. The van der Waals surface area contributed by atoms with Crippen molar-refractivity contribution in [3.63, 3.8) is 0 Å². The molecule has 1 fully saturated rings. The molecular formula is C28H30N2O7. The van der Waals surface area contributed by atoms with E-state index < -0.39 is 17.7 Å². The van der Waals surface area contributed by atoms with Crippen LogP contribution in [-0.2, 0) is 9.59 Å². The molecule has 1 N–H and O–H groups in total. The zero-order valence-electron chi connectivity index (χ0n) is 21.3. The van der Waals surface area contributed by atoms with Crippen molar-refractivity contribution in [3.8, 4) is 17.2 Å². The molecule has 0 bridgehead atoms. The van der Waals surface area contributed by atoms with Crippen LogP contribution in [0.3, 0.4) is 0 Å². The zero-order chi connectivity index (χ0) is 26.5. The van der Waals surface area contributed by atoms with E-state index >= 15 is 0 Å². The van der Waals surface area contributed by atoms with E-state index in [9.17, 15) is 14.7 Å². The van der Waals surface area contributed by atoms with Gasteiger partial charge in [0.25, 0.3) is 5.78 Å². The van der Waals surface area contributed by atoms with Crippen LogP contribution < -0.4 is 19.1 Å². The number of methoxy groups -OCH3 is 1. The van der Waals surface area contributed by atoms with Crippen molar-refractivity contribution in [2.75, 3.05) is 25.2 Å². The lowest BCUT2D eigenvalue weighted by molar-refractivity contribution is -0.132. The molecule has 0 saturated carbocycles. The second kappa shape index (κ2) is 11.2. The first kappa shape index (κ1) is 25.8. The first-order valence-corrected chi connectivity index (χ1v) is 12.2. The van der Waals surface area contributed by atoms with Crippen molar-refractivity contribution >= 4 is 23.3 Å². The van der Waals surface area contributed by atoms with Crippen molar-refractivity contribution < 1.29 is 33.4 Å².